The van der Waals surface area contributed by atoms with E-state index >= 15 is 0 Å². The Morgan fingerprint density at radius 2 is 2.00 bits per heavy atom. The van der Waals surface area contributed by atoms with Crippen molar-refractivity contribution in [3.63, 3.8) is 0 Å². The van der Waals surface area contributed by atoms with Gasteiger partial charge < -0.3 is 4.42 Å². The van der Waals surface area contributed by atoms with Gasteiger partial charge in [-0.25, -0.2) is 0 Å². The lowest BCUT2D eigenvalue weighted by Crippen LogP contribution is -2.19. The van der Waals surface area contributed by atoms with Crippen molar-refractivity contribution >= 4 is 0 Å². The maximum Gasteiger partial charge on any atom is 0.221 e. The van der Waals surface area contributed by atoms with Crippen LogP contribution in [0, 0.1) is 11.3 Å². The summed E-state index contributed by atoms with van der Waals surface area (Å²) in [5.41, 5.74) is 1.82. The predicted molar refractivity (Wildman–Crippen MR) is 86.8 cm³/mol. The quantitative estimate of drug-likeness (QED) is 0.870. The third-order valence-electron chi connectivity index (χ3n) is 4.19. The molecule has 1 aliphatic rings. The van der Waals surface area contributed by atoms with Gasteiger partial charge in [-0.15, -0.1) is 10.2 Å². The summed E-state index contributed by atoms with van der Waals surface area (Å²) >= 11 is 0. The molecule has 1 aromatic heterocycles. The molecule has 1 fully saturated rings. The first-order valence-electron chi connectivity index (χ1n) is 8.01. The average Bonchev–Trinajstić information content (AvgIpc) is 3.16. The number of nitrogens with zero attached hydrogens (tertiary/aromatic N) is 4. The molecule has 0 saturated carbocycles. The van der Waals surface area contributed by atoms with Gasteiger partial charge in [-0.1, -0.05) is 32.9 Å². The molecule has 3 rings (SSSR count). The lowest BCUT2D eigenvalue weighted by molar-refractivity contribution is 0.313. The van der Waals surface area contributed by atoms with Crippen LogP contribution >= 0.6 is 0 Å². The molecule has 0 N–H and O–H groups in total. The molecule has 0 aliphatic carbocycles. The Morgan fingerprint density at radius 3 is 2.61 bits per heavy atom. The molecule has 1 saturated heterocycles. The Balaban J connectivity index is 1.62. The van der Waals surface area contributed by atoms with E-state index in [-0.39, 0.29) is 5.41 Å². The summed E-state index contributed by atoms with van der Waals surface area (Å²) < 4.78 is 5.88. The standard InChI is InChI=1S/C18H22N4O/c1-18(2,3)17-21-20-16(23-17)15-8-9-22(12-15)11-14-6-4-13(10-19)5-7-14/h4-7,15H,8-9,11-12H2,1-3H3/t15-/m0/s1. The van der Waals surface area contributed by atoms with Gasteiger partial charge in [0, 0.05) is 18.5 Å². The van der Waals surface area contributed by atoms with Crippen molar-refractivity contribution in [1.29, 1.82) is 5.26 Å². The first-order chi connectivity index (χ1) is 11.0. The highest BCUT2D eigenvalue weighted by atomic mass is 16.4. The molecule has 5 heteroatoms. The Morgan fingerprint density at radius 1 is 1.26 bits per heavy atom. The molecule has 1 aromatic carbocycles. The van der Waals surface area contributed by atoms with Crippen LogP contribution in [0.5, 0.6) is 0 Å². The minimum atomic E-state index is -0.105. The maximum absolute atomic E-state index is 8.85. The Labute approximate surface area is 136 Å². The van der Waals surface area contributed by atoms with Gasteiger partial charge >= 0.3 is 0 Å². The highest BCUT2D eigenvalue weighted by Gasteiger charge is 2.30. The van der Waals surface area contributed by atoms with Gasteiger partial charge in [-0.05, 0) is 30.7 Å². The molecule has 0 unspecified atom stereocenters. The summed E-state index contributed by atoms with van der Waals surface area (Å²) in [5.74, 6) is 1.78. The predicted octanol–water partition coefficient (Wildman–Crippen LogP) is 3.23. The Kier molecular flexibility index (Phi) is 4.18. The van der Waals surface area contributed by atoms with Crippen LogP contribution in [0.3, 0.4) is 0 Å². The monoisotopic (exact) mass is 310 g/mol. The van der Waals surface area contributed by atoms with Crippen molar-refractivity contribution in [2.75, 3.05) is 13.1 Å². The normalized spacial score (nSPS) is 19.0. The van der Waals surface area contributed by atoms with Crippen molar-refractivity contribution < 1.29 is 4.42 Å². The first kappa shape index (κ1) is 15.7. The molecule has 1 atom stereocenters. The van der Waals surface area contributed by atoms with E-state index < -0.39 is 0 Å². The van der Waals surface area contributed by atoms with E-state index in [1.807, 2.05) is 24.3 Å². The van der Waals surface area contributed by atoms with E-state index in [2.05, 4.69) is 41.9 Å². The number of likely N-dealkylation sites (tertiary alicyclic amines) is 1. The smallest absolute Gasteiger partial charge is 0.221 e. The summed E-state index contributed by atoms with van der Waals surface area (Å²) in [6.45, 7) is 9.09. The topological polar surface area (TPSA) is 66.0 Å². The first-order valence-corrected chi connectivity index (χ1v) is 8.01. The number of hydrogen-bond donors (Lipinski definition) is 0. The third kappa shape index (κ3) is 3.59. The molecule has 1 aliphatic heterocycles. The molecule has 0 radical (unpaired) electrons. The lowest BCUT2D eigenvalue weighted by atomic mass is 9.97. The highest BCUT2D eigenvalue weighted by molar-refractivity contribution is 5.31. The van der Waals surface area contributed by atoms with Crippen LogP contribution in [0.4, 0.5) is 0 Å². The van der Waals surface area contributed by atoms with E-state index in [4.69, 9.17) is 9.68 Å². The van der Waals surface area contributed by atoms with Crippen molar-refractivity contribution in [1.82, 2.24) is 15.1 Å². The molecular formula is C18H22N4O. The zero-order valence-electron chi connectivity index (χ0n) is 13.9. The number of benzene rings is 1. The van der Waals surface area contributed by atoms with Gasteiger partial charge in [-0.3, -0.25) is 4.90 Å². The summed E-state index contributed by atoms with van der Waals surface area (Å²) in [6, 6.07) is 9.94. The van der Waals surface area contributed by atoms with Crippen LogP contribution in [0.25, 0.3) is 0 Å². The summed E-state index contributed by atoms with van der Waals surface area (Å²) in [6.07, 6.45) is 1.04. The summed E-state index contributed by atoms with van der Waals surface area (Å²) in [4.78, 5) is 2.40. The van der Waals surface area contributed by atoms with Gasteiger partial charge in [0.1, 0.15) is 0 Å². The number of rotatable bonds is 3. The van der Waals surface area contributed by atoms with Crippen LogP contribution in [0.2, 0.25) is 0 Å². The SMILES string of the molecule is CC(C)(C)c1nnc([C@H]2CCN(Cc3ccc(C#N)cc3)C2)o1. The molecule has 23 heavy (non-hydrogen) atoms. The van der Waals surface area contributed by atoms with E-state index in [9.17, 15) is 0 Å². The van der Waals surface area contributed by atoms with Crippen LogP contribution in [0.15, 0.2) is 28.7 Å². The highest BCUT2D eigenvalue weighted by Crippen LogP contribution is 2.29. The van der Waals surface area contributed by atoms with Gasteiger partial charge in [-0.2, -0.15) is 5.26 Å². The minimum Gasteiger partial charge on any atom is -0.424 e. The van der Waals surface area contributed by atoms with Crippen molar-refractivity contribution in [3.8, 4) is 6.07 Å². The maximum atomic E-state index is 8.85. The zero-order valence-corrected chi connectivity index (χ0v) is 13.9. The molecule has 2 heterocycles. The van der Waals surface area contributed by atoms with E-state index in [0.717, 1.165) is 31.9 Å². The van der Waals surface area contributed by atoms with Crippen LogP contribution in [-0.2, 0) is 12.0 Å². The summed E-state index contributed by atoms with van der Waals surface area (Å²) in [5, 5.41) is 17.3. The molecule has 0 bridgehead atoms. The molecule has 2 aromatic rings. The largest absolute Gasteiger partial charge is 0.424 e. The zero-order chi connectivity index (χ0) is 16.4. The molecule has 5 nitrogen and oxygen atoms in total. The average molecular weight is 310 g/mol. The van der Waals surface area contributed by atoms with Gasteiger partial charge in [0.2, 0.25) is 11.8 Å². The van der Waals surface area contributed by atoms with E-state index in [1.165, 1.54) is 5.56 Å². The van der Waals surface area contributed by atoms with E-state index in [0.29, 0.717) is 17.4 Å². The number of aromatic nitrogens is 2. The van der Waals surface area contributed by atoms with Crippen LogP contribution in [0.1, 0.15) is 56.0 Å². The number of nitriles is 1. The van der Waals surface area contributed by atoms with Gasteiger partial charge in [0.05, 0.1) is 17.6 Å². The molecule has 0 spiro atoms. The second kappa shape index (κ2) is 6.13. The Hall–Kier alpha value is -2.19. The fraction of sp³-hybridized carbons (Fsp3) is 0.500. The molecular weight excluding hydrogens is 288 g/mol. The number of hydrogen-bond acceptors (Lipinski definition) is 5. The van der Waals surface area contributed by atoms with E-state index in [1.54, 1.807) is 0 Å². The van der Waals surface area contributed by atoms with Crippen molar-refractivity contribution in [2.45, 2.75) is 45.1 Å². The van der Waals surface area contributed by atoms with Crippen LogP contribution in [-0.4, -0.2) is 28.2 Å². The third-order valence-corrected chi connectivity index (χ3v) is 4.19. The van der Waals surface area contributed by atoms with Gasteiger partial charge in [0.15, 0.2) is 0 Å². The van der Waals surface area contributed by atoms with Crippen molar-refractivity contribution in [3.05, 3.63) is 47.2 Å². The van der Waals surface area contributed by atoms with Gasteiger partial charge in [0.25, 0.3) is 0 Å². The fourth-order valence-electron chi connectivity index (χ4n) is 2.82. The molecule has 0 amide bonds. The Bertz CT molecular complexity index is 706. The summed E-state index contributed by atoms with van der Waals surface area (Å²) in [7, 11) is 0. The second-order valence-corrected chi connectivity index (χ2v) is 7.22. The second-order valence-electron chi connectivity index (χ2n) is 7.22. The molecule has 120 valence electrons. The van der Waals surface area contributed by atoms with Crippen LogP contribution < -0.4 is 0 Å². The fourth-order valence-corrected chi connectivity index (χ4v) is 2.82. The van der Waals surface area contributed by atoms with Crippen molar-refractivity contribution in [2.24, 2.45) is 0 Å². The lowest BCUT2D eigenvalue weighted by Gasteiger charge is -2.15. The minimum absolute atomic E-state index is 0.105.